The molecule has 0 bridgehead atoms. The zero-order chi connectivity index (χ0) is 26.7. The Morgan fingerprint density at radius 1 is 0.973 bits per heavy atom. The Morgan fingerprint density at radius 3 is 2.22 bits per heavy atom. The van der Waals surface area contributed by atoms with Crippen molar-refractivity contribution in [3.63, 3.8) is 0 Å². The van der Waals surface area contributed by atoms with Crippen LogP contribution in [0.4, 0.5) is 4.39 Å². The molecule has 37 heavy (non-hydrogen) atoms. The van der Waals surface area contributed by atoms with Gasteiger partial charge in [-0.05, 0) is 30.3 Å². The zero-order valence-electron chi connectivity index (χ0n) is 19.4. The summed E-state index contributed by atoms with van der Waals surface area (Å²) in [6.45, 7) is 0.695. The Balaban J connectivity index is 1.74. The highest BCUT2D eigenvalue weighted by atomic mass is 35.5. The van der Waals surface area contributed by atoms with E-state index in [1.165, 1.54) is 19.2 Å². The van der Waals surface area contributed by atoms with Gasteiger partial charge in [0.2, 0.25) is 0 Å². The molecule has 6 nitrogen and oxygen atoms in total. The minimum Gasteiger partial charge on any atom is -0.489 e. The number of rotatable bonds is 6. The van der Waals surface area contributed by atoms with Gasteiger partial charge in [0.1, 0.15) is 11.9 Å². The lowest BCUT2D eigenvalue weighted by atomic mass is 9.97. The van der Waals surface area contributed by atoms with E-state index < -0.39 is 23.7 Å². The first kappa shape index (κ1) is 27.3. The quantitative estimate of drug-likeness (QED) is 0.322. The molecule has 1 atom stereocenters. The monoisotopic (exact) mass is 585 g/mol. The van der Waals surface area contributed by atoms with Crippen LogP contribution in [0.25, 0.3) is 11.1 Å². The Kier molecular flexibility index (Phi) is 8.70. The first-order valence-electron chi connectivity index (χ1n) is 11.1. The molecule has 0 fully saturated rings. The summed E-state index contributed by atoms with van der Waals surface area (Å²) in [5.74, 6) is -1.21. The van der Waals surface area contributed by atoms with E-state index in [4.69, 9.17) is 60.6 Å². The summed E-state index contributed by atoms with van der Waals surface area (Å²) >= 11 is 25.0. The van der Waals surface area contributed by atoms with Crippen LogP contribution in [0, 0.1) is 5.82 Å². The number of ether oxygens (including phenoxy) is 3. The molecule has 3 aromatic rings. The SMILES string of the molecule is COC(=O)[C@H](Cc1ccc(-c2c(Cl)cc(F)cc2Cl)c2c1OCCCO2)NC(=O)c1c(Cl)cccc1Cl. The van der Waals surface area contributed by atoms with Crippen LogP contribution < -0.4 is 14.8 Å². The smallest absolute Gasteiger partial charge is 0.328 e. The van der Waals surface area contributed by atoms with Gasteiger partial charge in [-0.3, -0.25) is 4.79 Å². The van der Waals surface area contributed by atoms with Gasteiger partial charge in [0, 0.05) is 29.5 Å². The van der Waals surface area contributed by atoms with Crippen molar-refractivity contribution in [1.82, 2.24) is 5.32 Å². The average Bonchev–Trinajstić information content (AvgIpc) is 3.10. The molecule has 0 unspecified atom stereocenters. The number of hydrogen-bond donors (Lipinski definition) is 1. The molecule has 11 heteroatoms. The second-order valence-electron chi connectivity index (χ2n) is 8.08. The maximum absolute atomic E-state index is 13.8. The molecule has 4 rings (SSSR count). The summed E-state index contributed by atoms with van der Waals surface area (Å²) in [6, 6.07) is 9.23. The molecule has 0 aliphatic carbocycles. The molecule has 1 aliphatic rings. The Labute approximate surface area is 232 Å². The van der Waals surface area contributed by atoms with Crippen LogP contribution in [0.3, 0.4) is 0 Å². The van der Waals surface area contributed by atoms with Gasteiger partial charge in [-0.25, -0.2) is 9.18 Å². The van der Waals surface area contributed by atoms with Crippen LogP contribution in [0.5, 0.6) is 11.5 Å². The van der Waals surface area contributed by atoms with E-state index in [0.29, 0.717) is 47.8 Å². The molecule has 3 aromatic carbocycles. The molecule has 0 aromatic heterocycles. The number of methoxy groups -OCH3 is 1. The number of esters is 1. The molecule has 1 aliphatic heterocycles. The topological polar surface area (TPSA) is 73.9 Å². The van der Waals surface area contributed by atoms with Crippen molar-refractivity contribution in [1.29, 1.82) is 0 Å². The number of fused-ring (bicyclic) bond motifs is 1. The highest BCUT2D eigenvalue weighted by Crippen LogP contribution is 2.47. The standard InChI is InChI=1S/C26H20Cl4FNO5/c1-35-26(34)20(32-25(33)22-16(27)4-2-5-17(22)28)10-13-6-7-15(24-23(13)36-8-3-9-37-24)21-18(29)11-14(31)12-19(21)30/h2,4-7,11-12,20H,3,8-10H2,1H3,(H,32,33)/t20-/m0/s1. The molecule has 1 amide bonds. The minimum atomic E-state index is -1.11. The number of hydrogen-bond acceptors (Lipinski definition) is 5. The van der Waals surface area contributed by atoms with Crippen LogP contribution >= 0.6 is 46.4 Å². The lowest BCUT2D eigenvalue weighted by Gasteiger charge is -2.21. The number of halogens is 5. The summed E-state index contributed by atoms with van der Waals surface area (Å²) in [4.78, 5) is 25.6. The van der Waals surface area contributed by atoms with Crippen molar-refractivity contribution in [2.24, 2.45) is 0 Å². The van der Waals surface area contributed by atoms with Crippen molar-refractivity contribution in [2.75, 3.05) is 20.3 Å². The van der Waals surface area contributed by atoms with Gasteiger partial charge in [0.25, 0.3) is 5.91 Å². The van der Waals surface area contributed by atoms with E-state index in [9.17, 15) is 14.0 Å². The molecule has 0 radical (unpaired) electrons. The van der Waals surface area contributed by atoms with Crippen LogP contribution in [0.15, 0.2) is 42.5 Å². The van der Waals surface area contributed by atoms with Gasteiger partial charge in [-0.15, -0.1) is 0 Å². The fraction of sp³-hybridized carbons (Fsp3) is 0.231. The number of carbonyl (C=O) groups is 2. The third kappa shape index (κ3) is 5.91. The van der Waals surface area contributed by atoms with Gasteiger partial charge >= 0.3 is 5.97 Å². The normalized spacial score (nSPS) is 13.5. The second kappa shape index (κ2) is 11.8. The molecule has 0 saturated heterocycles. The minimum absolute atomic E-state index is 0.00264. The lowest BCUT2D eigenvalue weighted by Crippen LogP contribution is -2.43. The predicted octanol–water partition coefficient (Wildman–Crippen LogP) is 6.78. The van der Waals surface area contributed by atoms with Crippen molar-refractivity contribution in [2.45, 2.75) is 18.9 Å². The van der Waals surface area contributed by atoms with E-state index in [-0.39, 0.29) is 32.1 Å². The van der Waals surface area contributed by atoms with E-state index in [1.54, 1.807) is 18.2 Å². The van der Waals surface area contributed by atoms with Crippen LogP contribution in [0.2, 0.25) is 20.1 Å². The summed E-state index contributed by atoms with van der Waals surface area (Å²) in [5, 5.41) is 3.12. The Hall–Kier alpha value is -2.71. The summed E-state index contributed by atoms with van der Waals surface area (Å²) in [5.41, 5.74) is 1.46. The maximum Gasteiger partial charge on any atom is 0.328 e. The Bertz CT molecular complexity index is 1320. The van der Waals surface area contributed by atoms with E-state index >= 15 is 0 Å². The van der Waals surface area contributed by atoms with Crippen LogP contribution in [0.1, 0.15) is 22.3 Å². The predicted molar refractivity (Wildman–Crippen MR) is 141 cm³/mol. The average molecular weight is 587 g/mol. The van der Waals surface area contributed by atoms with Crippen molar-refractivity contribution in [3.05, 3.63) is 79.5 Å². The summed E-state index contributed by atoms with van der Waals surface area (Å²) in [6.07, 6.45) is 0.595. The van der Waals surface area contributed by atoms with E-state index in [2.05, 4.69) is 5.32 Å². The molecular weight excluding hydrogens is 567 g/mol. The zero-order valence-corrected chi connectivity index (χ0v) is 22.4. The second-order valence-corrected chi connectivity index (χ2v) is 9.70. The van der Waals surface area contributed by atoms with Gasteiger partial charge in [-0.1, -0.05) is 58.5 Å². The third-order valence-corrected chi connectivity index (χ3v) is 6.88. The summed E-state index contributed by atoms with van der Waals surface area (Å²) < 4.78 is 30.7. The summed E-state index contributed by atoms with van der Waals surface area (Å²) in [7, 11) is 1.21. The van der Waals surface area contributed by atoms with Crippen molar-refractivity contribution < 1.29 is 28.2 Å². The van der Waals surface area contributed by atoms with Crippen molar-refractivity contribution in [3.8, 4) is 22.6 Å². The molecular formula is C26H20Cl4FNO5. The number of amides is 1. The highest BCUT2D eigenvalue weighted by Gasteiger charge is 2.29. The van der Waals surface area contributed by atoms with Crippen molar-refractivity contribution >= 4 is 58.3 Å². The fourth-order valence-electron chi connectivity index (χ4n) is 3.97. The van der Waals surface area contributed by atoms with Gasteiger partial charge < -0.3 is 19.5 Å². The first-order chi connectivity index (χ1) is 17.7. The van der Waals surface area contributed by atoms with Gasteiger partial charge in [-0.2, -0.15) is 0 Å². The highest BCUT2D eigenvalue weighted by molar-refractivity contribution is 6.40. The van der Waals surface area contributed by atoms with Crippen LogP contribution in [-0.4, -0.2) is 38.2 Å². The number of nitrogens with one attached hydrogen (secondary N) is 1. The largest absolute Gasteiger partial charge is 0.489 e. The van der Waals surface area contributed by atoms with E-state index in [1.807, 2.05) is 0 Å². The maximum atomic E-state index is 13.8. The third-order valence-electron chi connectivity index (χ3n) is 5.66. The number of benzene rings is 3. The Morgan fingerprint density at radius 2 is 1.59 bits per heavy atom. The van der Waals surface area contributed by atoms with Gasteiger partial charge in [0.15, 0.2) is 11.5 Å². The lowest BCUT2D eigenvalue weighted by molar-refractivity contribution is -0.142. The van der Waals surface area contributed by atoms with Gasteiger partial charge in [0.05, 0.1) is 46.0 Å². The molecule has 0 spiro atoms. The van der Waals surface area contributed by atoms with E-state index in [0.717, 1.165) is 12.1 Å². The first-order valence-corrected chi connectivity index (χ1v) is 12.6. The van der Waals surface area contributed by atoms with Crippen LogP contribution in [-0.2, 0) is 16.0 Å². The number of carbonyl (C=O) groups excluding carboxylic acids is 2. The molecule has 194 valence electrons. The molecule has 1 N–H and O–H groups in total. The fourth-order valence-corrected chi connectivity index (χ4v) is 5.20. The molecule has 1 heterocycles. The molecule has 0 saturated carbocycles.